The normalized spacial score (nSPS) is 28.6. The second-order valence-electron chi connectivity index (χ2n) is 6.97. The lowest BCUT2D eigenvalue weighted by Crippen LogP contribution is -2.50. The van der Waals surface area contributed by atoms with E-state index in [1.54, 1.807) is 0 Å². The Bertz CT molecular complexity index is 355. The lowest BCUT2D eigenvalue weighted by atomic mass is 10.0. The molecule has 3 atom stereocenters. The Hall–Kier alpha value is -0.810. The van der Waals surface area contributed by atoms with E-state index in [0.29, 0.717) is 18.0 Å². The van der Waals surface area contributed by atoms with Crippen molar-refractivity contribution in [2.45, 2.75) is 51.6 Å². The predicted octanol–water partition coefficient (Wildman–Crippen LogP) is 1.79. The van der Waals surface area contributed by atoms with Crippen molar-refractivity contribution >= 4 is 5.96 Å². The number of ether oxygens (including phenoxy) is 1. The molecule has 2 aliphatic heterocycles. The SMILES string of the molecule is CN=C(NCC(C)N1CCCCC1C)N(C)CC1CCOC1. The van der Waals surface area contributed by atoms with Gasteiger partial charge >= 0.3 is 0 Å². The van der Waals surface area contributed by atoms with Gasteiger partial charge in [-0.3, -0.25) is 9.89 Å². The molecule has 2 fully saturated rings. The molecule has 0 bridgehead atoms. The molecule has 22 heavy (non-hydrogen) atoms. The summed E-state index contributed by atoms with van der Waals surface area (Å²) in [5.41, 5.74) is 0. The van der Waals surface area contributed by atoms with Gasteiger partial charge in [0, 0.05) is 51.8 Å². The Kier molecular flexibility index (Phi) is 6.96. The first-order valence-corrected chi connectivity index (χ1v) is 8.87. The van der Waals surface area contributed by atoms with Gasteiger partial charge in [0.05, 0.1) is 6.61 Å². The van der Waals surface area contributed by atoms with E-state index in [1.807, 2.05) is 7.05 Å². The number of guanidine groups is 1. The molecular formula is C17H34N4O. The fraction of sp³-hybridized carbons (Fsp3) is 0.941. The molecule has 5 nitrogen and oxygen atoms in total. The highest BCUT2D eigenvalue weighted by Gasteiger charge is 2.24. The zero-order chi connectivity index (χ0) is 15.9. The molecule has 0 saturated carbocycles. The van der Waals surface area contributed by atoms with E-state index in [0.717, 1.165) is 32.3 Å². The summed E-state index contributed by atoms with van der Waals surface area (Å²) in [7, 11) is 4.00. The van der Waals surface area contributed by atoms with Crippen LogP contribution in [0.3, 0.4) is 0 Å². The molecule has 128 valence electrons. The topological polar surface area (TPSA) is 40.1 Å². The quantitative estimate of drug-likeness (QED) is 0.621. The van der Waals surface area contributed by atoms with Crippen LogP contribution in [-0.2, 0) is 4.74 Å². The number of piperidine rings is 1. The molecular weight excluding hydrogens is 276 g/mol. The molecule has 0 spiro atoms. The van der Waals surface area contributed by atoms with Crippen molar-refractivity contribution in [3.05, 3.63) is 0 Å². The molecule has 0 aliphatic carbocycles. The van der Waals surface area contributed by atoms with E-state index in [1.165, 1.54) is 32.2 Å². The first kappa shape index (κ1) is 17.5. The van der Waals surface area contributed by atoms with Crippen LogP contribution in [0.4, 0.5) is 0 Å². The minimum absolute atomic E-state index is 0.551. The predicted molar refractivity (Wildman–Crippen MR) is 92.4 cm³/mol. The van der Waals surface area contributed by atoms with Crippen molar-refractivity contribution in [2.24, 2.45) is 10.9 Å². The van der Waals surface area contributed by atoms with E-state index >= 15 is 0 Å². The molecule has 0 radical (unpaired) electrons. The molecule has 2 aliphatic rings. The lowest BCUT2D eigenvalue weighted by molar-refractivity contribution is 0.115. The van der Waals surface area contributed by atoms with Crippen LogP contribution in [-0.4, -0.2) is 74.8 Å². The van der Waals surface area contributed by atoms with Crippen LogP contribution in [0.2, 0.25) is 0 Å². The summed E-state index contributed by atoms with van der Waals surface area (Å²) in [6.07, 6.45) is 5.22. The van der Waals surface area contributed by atoms with Crippen LogP contribution in [0.1, 0.15) is 39.5 Å². The van der Waals surface area contributed by atoms with Gasteiger partial charge in [-0.05, 0) is 39.7 Å². The summed E-state index contributed by atoms with van der Waals surface area (Å²) in [5, 5.41) is 3.55. The van der Waals surface area contributed by atoms with E-state index in [2.05, 4.69) is 41.0 Å². The highest BCUT2D eigenvalue weighted by molar-refractivity contribution is 5.79. The van der Waals surface area contributed by atoms with E-state index in [4.69, 9.17) is 4.74 Å². The Morgan fingerprint density at radius 3 is 2.86 bits per heavy atom. The summed E-state index contributed by atoms with van der Waals surface area (Å²) in [6, 6.07) is 1.26. The number of aliphatic imine (C=N–C) groups is 1. The van der Waals surface area contributed by atoms with Gasteiger partial charge in [-0.2, -0.15) is 0 Å². The largest absolute Gasteiger partial charge is 0.381 e. The van der Waals surface area contributed by atoms with Gasteiger partial charge in [0.1, 0.15) is 0 Å². The van der Waals surface area contributed by atoms with E-state index < -0.39 is 0 Å². The molecule has 5 heteroatoms. The van der Waals surface area contributed by atoms with Crippen LogP contribution in [0, 0.1) is 5.92 Å². The van der Waals surface area contributed by atoms with E-state index in [-0.39, 0.29) is 0 Å². The number of rotatable bonds is 5. The van der Waals surface area contributed by atoms with Crippen molar-refractivity contribution in [1.82, 2.24) is 15.1 Å². The van der Waals surface area contributed by atoms with Crippen LogP contribution in [0.25, 0.3) is 0 Å². The van der Waals surface area contributed by atoms with Gasteiger partial charge in [-0.15, -0.1) is 0 Å². The van der Waals surface area contributed by atoms with Crippen molar-refractivity contribution in [2.75, 3.05) is 46.9 Å². The average molecular weight is 310 g/mol. The van der Waals surface area contributed by atoms with Gasteiger partial charge in [-0.1, -0.05) is 6.42 Å². The summed E-state index contributed by atoms with van der Waals surface area (Å²) >= 11 is 0. The second-order valence-corrected chi connectivity index (χ2v) is 6.97. The first-order chi connectivity index (χ1) is 10.6. The van der Waals surface area contributed by atoms with Gasteiger partial charge in [-0.25, -0.2) is 0 Å². The highest BCUT2D eigenvalue weighted by Crippen LogP contribution is 2.18. The molecule has 2 rings (SSSR count). The molecule has 1 N–H and O–H groups in total. The summed E-state index contributed by atoms with van der Waals surface area (Å²) in [4.78, 5) is 9.31. The summed E-state index contributed by atoms with van der Waals surface area (Å²) < 4.78 is 5.47. The lowest BCUT2D eigenvalue weighted by Gasteiger charge is -2.38. The summed E-state index contributed by atoms with van der Waals surface area (Å²) in [5.74, 6) is 1.64. The van der Waals surface area contributed by atoms with Gasteiger partial charge < -0.3 is 15.0 Å². The maximum Gasteiger partial charge on any atom is 0.193 e. The number of likely N-dealkylation sites (tertiary alicyclic amines) is 1. The highest BCUT2D eigenvalue weighted by atomic mass is 16.5. The maximum atomic E-state index is 5.47. The number of nitrogens with one attached hydrogen (secondary N) is 1. The van der Waals surface area contributed by atoms with Crippen LogP contribution < -0.4 is 5.32 Å². The zero-order valence-corrected chi connectivity index (χ0v) is 14.8. The summed E-state index contributed by atoms with van der Waals surface area (Å²) in [6.45, 7) is 9.70. The molecule has 2 heterocycles. The van der Waals surface area contributed by atoms with Crippen molar-refractivity contribution in [1.29, 1.82) is 0 Å². The van der Waals surface area contributed by atoms with Crippen molar-refractivity contribution in [3.8, 4) is 0 Å². The maximum absolute atomic E-state index is 5.47. The van der Waals surface area contributed by atoms with E-state index in [9.17, 15) is 0 Å². The Morgan fingerprint density at radius 1 is 1.41 bits per heavy atom. The molecule has 0 aromatic heterocycles. The number of hydrogen-bond acceptors (Lipinski definition) is 3. The first-order valence-electron chi connectivity index (χ1n) is 8.87. The third-order valence-electron chi connectivity index (χ3n) is 5.11. The average Bonchev–Trinajstić information content (AvgIpc) is 3.01. The molecule has 3 unspecified atom stereocenters. The molecule has 0 aromatic carbocycles. The minimum Gasteiger partial charge on any atom is -0.381 e. The number of nitrogens with zero attached hydrogens (tertiary/aromatic N) is 3. The van der Waals surface area contributed by atoms with Crippen LogP contribution >= 0.6 is 0 Å². The fourth-order valence-corrected chi connectivity index (χ4v) is 3.72. The van der Waals surface area contributed by atoms with Crippen LogP contribution in [0.5, 0.6) is 0 Å². The Balaban J connectivity index is 1.77. The Morgan fingerprint density at radius 2 is 2.23 bits per heavy atom. The zero-order valence-electron chi connectivity index (χ0n) is 14.8. The third kappa shape index (κ3) is 4.85. The Labute approximate surface area is 136 Å². The van der Waals surface area contributed by atoms with Gasteiger partial charge in [0.25, 0.3) is 0 Å². The van der Waals surface area contributed by atoms with Crippen molar-refractivity contribution in [3.63, 3.8) is 0 Å². The molecule has 2 saturated heterocycles. The molecule has 0 amide bonds. The monoisotopic (exact) mass is 310 g/mol. The van der Waals surface area contributed by atoms with Crippen LogP contribution in [0.15, 0.2) is 4.99 Å². The molecule has 0 aromatic rings. The number of hydrogen-bond donors (Lipinski definition) is 1. The van der Waals surface area contributed by atoms with Gasteiger partial charge in [0.2, 0.25) is 0 Å². The second kappa shape index (κ2) is 8.73. The smallest absolute Gasteiger partial charge is 0.193 e. The minimum atomic E-state index is 0.551. The fourth-order valence-electron chi connectivity index (χ4n) is 3.72. The van der Waals surface area contributed by atoms with Crippen molar-refractivity contribution < 1.29 is 4.74 Å². The standard InChI is InChI=1S/C17H34N4O/c1-14-7-5-6-9-21(14)15(2)11-19-17(18-3)20(4)12-16-8-10-22-13-16/h14-16H,5-13H2,1-4H3,(H,18,19). The van der Waals surface area contributed by atoms with Gasteiger partial charge in [0.15, 0.2) is 5.96 Å². The third-order valence-corrected chi connectivity index (χ3v) is 5.11.